The van der Waals surface area contributed by atoms with E-state index in [1.807, 2.05) is 130 Å². The second kappa shape index (κ2) is 25.7. The van der Waals surface area contributed by atoms with E-state index >= 15 is 0 Å². The van der Waals surface area contributed by atoms with Gasteiger partial charge >= 0.3 is 0 Å². The van der Waals surface area contributed by atoms with Gasteiger partial charge in [0.2, 0.25) is 17.1 Å². The van der Waals surface area contributed by atoms with E-state index in [0.29, 0.717) is 61.2 Å². The smallest absolute Gasteiger partial charge is 0.201 e. The van der Waals surface area contributed by atoms with Crippen molar-refractivity contribution < 1.29 is 45.2 Å². The van der Waals surface area contributed by atoms with E-state index in [1.54, 1.807) is 141 Å². The van der Waals surface area contributed by atoms with Crippen LogP contribution < -0.4 is 13.7 Å². The lowest BCUT2D eigenvalue weighted by atomic mass is 9.87. The Morgan fingerprint density at radius 3 is 0.975 bits per heavy atom. The van der Waals surface area contributed by atoms with Gasteiger partial charge in [-0.05, 0) is 231 Å². The number of benzene rings is 6. The molecule has 0 bridgehead atoms. The molecule has 420 valence electrons. The Morgan fingerprint density at radius 1 is 0.383 bits per heavy atom. The first kappa shape index (κ1) is 37.0. The zero-order valence-corrected chi connectivity index (χ0v) is 50.3. The highest BCUT2D eigenvalue weighted by molar-refractivity contribution is 5.78. The third kappa shape index (κ3) is 15.0. The molecule has 9 aromatic rings. The van der Waals surface area contributed by atoms with Crippen molar-refractivity contribution in [2.45, 2.75) is 150 Å². The van der Waals surface area contributed by atoms with Gasteiger partial charge in [-0.1, -0.05) is 139 Å². The Balaban J connectivity index is 0.000000218. The van der Waals surface area contributed by atoms with Crippen LogP contribution >= 0.6 is 0 Å². The van der Waals surface area contributed by atoms with Crippen LogP contribution in [0.15, 0.2) is 146 Å². The summed E-state index contributed by atoms with van der Waals surface area (Å²) in [5.74, 6) is -0.960. The van der Waals surface area contributed by atoms with Gasteiger partial charge in [0.05, 0.1) is 0 Å². The van der Waals surface area contributed by atoms with Crippen molar-refractivity contribution in [3.05, 3.63) is 229 Å². The molecule has 0 aliphatic heterocycles. The highest BCUT2D eigenvalue weighted by atomic mass is 14.9. The molecule has 0 atom stereocenters. The zero-order chi connectivity index (χ0) is 78.9. The van der Waals surface area contributed by atoms with E-state index < -0.39 is 65.2 Å². The Kier molecular flexibility index (Phi) is 11.7. The number of pyridine rings is 3. The van der Waals surface area contributed by atoms with Crippen LogP contribution in [0, 0.1) is 94.0 Å². The van der Waals surface area contributed by atoms with Crippen molar-refractivity contribution in [3.63, 3.8) is 0 Å². The molecule has 0 radical (unpaired) electrons. The predicted molar refractivity (Wildman–Crippen MR) is 348 cm³/mol. The summed E-state index contributed by atoms with van der Waals surface area (Å²) in [4.78, 5) is 0. The average molecular weight is 1100 g/mol. The zero-order valence-electron chi connectivity index (χ0n) is 73.3. The maximum absolute atomic E-state index is 8.55. The normalized spacial score (nSPS) is 17.0. The number of nitrogens with zero attached hydrogens (tertiary/aromatic N) is 3. The van der Waals surface area contributed by atoms with Gasteiger partial charge in [0.15, 0.2) is 18.6 Å². The first-order valence-electron chi connectivity index (χ1n) is 39.0. The van der Waals surface area contributed by atoms with E-state index in [0.717, 1.165) is 61.6 Å². The molecule has 0 saturated carbocycles. The molecule has 3 heterocycles. The molecule has 3 aromatic heterocycles. The SMILES string of the molecule is [2H]C([2H])([2H])c1c[n+](C)c(-c2cc(-c3ccc(C([2H])(C)C)cc3)c(C([2H])([2H])[2H])cc2C)cc1C.[2H]C([2H])([2H])c1c[n+](C)c(-c2cc(-c3ccc(C([2H])([2H])C(C)(C)C)cc3)c(C([2H])([2H])[2H])cc2C)cc1C.[2H]C([2H])([2H])c1c[n+](C)c(-c2cc(-c3ccc(C([2H])([2H])C(C)C)cc3)c(C([2H])([2H])[2H])cc2C)cc1C. The molecule has 0 amide bonds. The number of hydrogen-bond donors (Lipinski definition) is 0. The first-order valence-corrected chi connectivity index (χ1v) is 27.5. The molecule has 9 rings (SSSR count). The molecule has 6 aromatic carbocycles. The van der Waals surface area contributed by atoms with Gasteiger partial charge in [0.1, 0.15) is 21.1 Å². The molecule has 3 nitrogen and oxygen atoms in total. The van der Waals surface area contributed by atoms with Gasteiger partial charge in [-0.25, -0.2) is 13.7 Å². The molecular weight excluding hydrogens is 979 g/mol. The van der Waals surface area contributed by atoms with Crippen LogP contribution in [0.2, 0.25) is 0 Å². The molecule has 0 N–H and O–H groups in total. The van der Waals surface area contributed by atoms with E-state index in [4.69, 9.17) is 31.5 Å². The van der Waals surface area contributed by atoms with E-state index in [-0.39, 0.29) is 33.7 Å². The molecule has 0 saturated heterocycles. The lowest BCUT2D eigenvalue weighted by molar-refractivity contribution is -0.660. The van der Waals surface area contributed by atoms with Crippen molar-refractivity contribution in [2.75, 3.05) is 0 Å². The summed E-state index contributed by atoms with van der Waals surface area (Å²) in [6, 6.07) is 37.5. The summed E-state index contributed by atoms with van der Waals surface area (Å²) >= 11 is 0. The number of hydrogen-bond acceptors (Lipinski definition) is 0. The third-order valence-corrected chi connectivity index (χ3v) is 14.5. The van der Waals surface area contributed by atoms with Crippen LogP contribution in [0.25, 0.3) is 67.2 Å². The average Bonchev–Trinajstić information content (AvgIpc) is 0.769. The van der Waals surface area contributed by atoms with E-state index in [1.165, 1.54) is 0 Å². The fraction of sp³-hybridized carbons (Fsp3) is 0.346. The summed E-state index contributed by atoms with van der Waals surface area (Å²) < 4.78 is 190. The molecule has 3 heteroatoms. The van der Waals surface area contributed by atoms with Gasteiger partial charge in [-0.2, -0.15) is 0 Å². The predicted octanol–water partition coefficient (Wildman–Crippen LogP) is 19.1. The Bertz CT molecular complexity index is 4630. The summed E-state index contributed by atoms with van der Waals surface area (Å²) in [5.41, 5.74) is 15.7. The van der Waals surface area contributed by atoms with E-state index in [9.17, 15) is 0 Å². The summed E-state index contributed by atoms with van der Waals surface area (Å²) in [6.45, 7) is 10.0. The molecule has 0 aliphatic rings. The third-order valence-electron chi connectivity index (χ3n) is 14.5. The lowest BCUT2D eigenvalue weighted by Gasteiger charge is -2.18. The Hall–Kier alpha value is -7.23. The summed E-state index contributed by atoms with van der Waals surface area (Å²) in [5, 5.41) is 0. The second-order valence-electron chi connectivity index (χ2n) is 23.1. The van der Waals surface area contributed by atoms with E-state index in [2.05, 4.69) is 0 Å². The summed E-state index contributed by atoms with van der Waals surface area (Å²) in [6.07, 6.45) is 1.78. The highest BCUT2D eigenvalue weighted by Gasteiger charge is 2.21. The molecule has 0 unspecified atom stereocenters. The number of aryl methyl sites for hydroxylation is 15. The summed E-state index contributed by atoms with van der Waals surface area (Å²) in [7, 11) is 5.36. The van der Waals surface area contributed by atoms with Crippen molar-refractivity contribution in [1.82, 2.24) is 0 Å². The molecule has 81 heavy (non-hydrogen) atoms. The molecular formula is C78H96N3+3. The number of aromatic nitrogens is 3. The standard InChI is InChI=1S/C27H34N.C26H32N.C25H30N/c1-18-14-26(28(8)17-21(18)4)25-15-24(19(2)13-20(25)3)23-11-9-22(10-12-23)16-27(5,6)7;1-17(2)12-22-8-10-23(11-9-22)24-15-25(20(5)13-19(24)4)26-14-18(3)21(6)16-27(26)7;1-16(2)21-8-10-22(11-9-21)23-14-24(19(5)12-18(23)4)25-13-17(3)20(6)15-26(25)7/h9-15,17H,16H2,1-8H3;8-11,13-17H,12H2,1-7H3;8-16H,1-7H3/q3*+1/i2D3,4D3,16D2;4D3,6D3,12D2;4D3,6D3,16D. The fourth-order valence-electron chi connectivity index (χ4n) is 9.95. The maximum Gasteiger partial charge on any atom is 0.212 e. The van der Waals surface area contributed by atoms with Crippen molar-refractivity contribution in [1.29, 1.82) is 0 Å². The highest BCUT2D eigenvalue weighted by Crippen LogP contribution is 2.36. The van der Waals surface area contributed by atoms with Crippen molar-refractivity contribution in [2.24, 2.45) is 32.5 Å². The van der Waals surface area contributed by atoms with Crippen LogP contribution in [0.5, 0.6) is 0 Å². The topological polar surface area (TPSA) is 11.6 Å². The van der Waals surface area contributed by atoms with Gasteiger partial charge in [-0.15, -0.1) is 0 Å². The van der Waals surface area contributed by atoms with Crippen LogP contribution in [-0.4, -0.2) is 0 Å². The molecule has 0 aliphatic carbocycles. The Morgan fingerprint density at radius 2 is 0.691 bits per heavy atom. The van der Waals surface area contributed by atoms with Gasteiger partial charge in [0.25, 0.3) is 0 Å². The van der Waals surface area contributed by atoms with Crippen molar-refractivity contribution in [3.8, 4) is 67.2 Å². The fourth-order valence-corrected chi connectivity index (χ4v) is 9.95. The Labute approximate surface area is 522 Å². The van der Waals surface area contributed by atoms with Crippen LogP contribution in [0.3, 0.4) is 0 Å². The van der Waals surface area contributed by atoms with Crippen LogP contribution in [-0.2, 0) is 33.9 Å². The quantitative estimate of drug-likeness (QED) is 0.121. The first-order chi connectivity index (χ1) is 47.2. The van der Waals surface area contributed by atoms with Gasteiger partial charge in [0, 0.05) is 83.1 Å². The largest absolute Gasteiger partial charge is 0.212 e. The minimum atomic E-state index is -2.35. The van der Waals surface area contributed by atoms with Crippen LogP contribution in [0.1, 0.15) is 169 Å². The van der Waals surface area contributed by atoms with Crippen LogP contribution in [0.4, 0.5) is 0 Å². The maximum atomic E-state index is 8.55. The van der Waals surface area contributed by atoms with Gasteiger partial charge < -0.3 is 0 Å². The van der Waals surface area contributed by atoms with Gasteiger partial charge in [-0.3, -0.25) is 0 Å². The lowest BCUT2D eigenvalue weighted by Crippen LogP contribution is -2.31. The monoisotopic (exact) mass is 1100 g/mol. The molecule has 0 spiro atoms. The van der Waals surface area contributed by atoms with Crippen molar-refractivity contribution >= 4 is 0 Å². The second-order valence-corrected chi connectivity index (χ2v) is 23.1. The minimum Gasteiger partial charge on any atom is -0.201 e. The minimum absolute atomic E-state index is 0.210. The molecule has 0 fully saturated rings. The number of rotatable bonds is 10.